The summed E-state index contributed by atoms with van der Waals surface area (Å²) in [7, 11) is 0. The van der Waals surface area contributed by atoms with Crippen molar-refractivity contribution >= 4 is 11.6 Å². The molecule has 0 aromatic heterocycles. The fourth-order valence-electron chi connectivity index (χ4n) is 8.17. The molecule has 5 aliphatic rings. The maximum atomic E-state index is 12.2. The van der Waals surface area contributed by atoms with Gasteiger partial charge in [0.05, 0.1) is 0 Å². The van der Waals surface area contributed by atoms with E-state index < -0.39 is 0 Å². The molecule has 5 fully saturated rings. The SMILES string of the molecule is CC(=O)[C@H]1CC[C@H]2[C@@H]3CC[C@@]45O[C@H]4C(=O)CC[C@]5(C)[C@H]3CC[C@]12C. The van der Waals surface area contributed by atoms with E-state index in [0.29, 0.717) is 29.8 Å². The Kier molecular flexibility index (Phi) is 2.93. The Balaban J connectivity index is 1.49. The van der Waals surface area contributed by atoms with Crippen molar-refractivity contribution in [3.63, 3.8) is 0 Å². The van der Waals surface area contributed by atoms with Crippen molar-refractivity contribution in [1.29, 1.82) is 0 Å². The summed E-state index contributed by atoms with van der Waals surface area (Å²) in [5.74, 6) is 3.17. The molecule has 24 heavy (non-hydrogen) atoms. The largest absolute Gasteiger partial charge is 0.357 e. The van der Waals surface area contributed by atoms with Crippen LogP contribution < -0.4 is 0 Å². The van der Waals surface area contributed by atoms with Gasteiger partial charge in [0.1, 0.15) is 17.5 Å². The molecule has 0 unspecified atom stereocenters. The molecule has 0 aromatic carbocycles. The zero-order chi connectivity index (χ0) is 16.9. The van der Waals surface area contributed by atoms with Crippen LogP contribution in [0.1, 0.15) is 72.1 Å². The third-order valence-electron chi connectivity index (χ3n) is 9.44. The highest BCUT2D eigenvalue weighted by molar-refractivity contribution is 5.88. The number of ketones is 2. The molecule has 1 aliphatic heterocycles. The third-order valence-corrected chi connectivity index (χ3v) is 9.44. The Morgan fingerprint density at radius 1 is 1.04 bits per heavy atom. The highest BCUT2D eigenvalue weighted by Crippen LogP contribution is 2.72. The minimum Gasteiger partial charge on any atom is -0.357 e. The van der Waals surface area contributed by atoms with Gasteiger partial charge in [-0.05, 0) is 75.0 Å². The van der Waals surface area contributed by atoms with Crippen molar-refractivity contribution in [2.24, 2.45) is 34.5 Å². The lowest BCUT2D eigenvalue weighted by Gasteiger charge is -2.59. The molecule has 4 saturated carbocycles. The van der Waals surface area contributed by atoms with E-state index >= 15 is 0 Å². The first-order chi connectivity index (χ1) is 11.3. The van der Waals surface area contributed by atoms with Gasteiger partial charge < -0.3 is 4.74 Å². The van der Waals surface area contributed by atoms with Gasteiger partial charge in [0.2, 0.25) is 0 Å². The third kappa shape index (κ3) is 1.59. The van der Waals surface area contributed by atoms with Gasteiger partial charge in [-0.15, -0.1) is 0 Å². The van der Waals surface area contributed by atoms with Crippen molar-refractivity contribution in [2.45, 2.75) is 83.8 Å². The Morgan fingerprint density at radius 2 is 1.83 bits per heavy atom. The van der Waals surface area contributed by atoms with E-state index in [1.807, 2.05) is 0 Å². The van der Waals surface area contributed by atoms with Crippen molar-refractivity contribution in [1.82, 2.24) is 0 Å². The average molecular weight is 330 g/mol. The molecule has 3 heteroatoms. The fourth-order valence-corrected chi connectivity index (χ4v) is 8.17. The molecule has 8 atom stereocenters. The number of epoxide rings is 1. The van der Waals surface area contributed by atoms with E-state index in [0.717, 1.165) is 25.2 Å². The summed E-state index contributed by atoms with van der Waals surface area (Å²) in [6.07, 6.45) is 8.66. The molecule has 5 rings (SSSR count). The summed E-state index contributed by atoms with van der Waals surface area (Å²) in [5.41, 5.74) is 0.294. The second-order valence-electron chi connectivity index (χ2n) is 9.97. The number of ether oxygens (including phenoxy) is 1. The van der Waals surface area contributed by atoms with Crippen LogP contribution in [0.4, 0.5) is 0 Å². The summed E-state index contributed by atoms with van der Waals surface area (Å²) in [6, 6.07) is 0. The van der Waals surface area contributed by atoms with E-state index in [4.69, 9.17) is 4.74 Å². The van der Waals surface area contributed by atoms with E-state index in [1.165, 1.54) is 25.7 Å². The highest BCUT2D eigenvalue weighted by atomic mass is 16.6. The normalized spacial score (nSPS) is 58.3. The van der Waals surface area contributed by atoms with Crippen LogP contribution in [-0.2, 0) is 14.3 Å². The van der Waals surface area contributed by atoms with Gasteiger partial charge in [-0.1, -0.05) is 13.8 Å². The zero-order valence-corrected chi connectivity index (χ0v) is 15.3. The molecule has 1 saturated heterocycles. The van der Waals surface area contributed by atoms with Crippen LogP contribution in [0.3, 0.4) is 0 Å². The molecule has 0 bridgehead atoms. The highest BCUT2D eigenvalue weighted by Gasteiger charge is 2.76. The molecule has 1 heterocycles. The Bertz CT molecular complexity index is 627. The Morgan fingerprint density at radius 3 is 2.58 bits per heavy atom. The average Bonchev–Trinajstić information content (AvgIpc) is 3.17. The maximum Gasteiger partial charge on any atom is 0.164 e. The predicted octanol–water partition coefficient (Wildman–Crippen LogP) is 3.93. The maximum absolute atomic E-state index is 12.2. The van der Waals surface area contributed by atoms with Gasteiger partial charge in [0, 0.05) is 17.8 Å². The van der Waals surface area contributed by atoms with Crippen LogP contribution in [0, 0.1) is 34.5 Å². The van der Waals surface area contributed by atoms with Crippen LogP contribution in [0.15, 0.2) is 0 Å². The van der Waals surface area contributed by atoms with Crippen molar-refractivity contribution in [3.8, 4) is 0 Å². The molecular weight excluding hydrogens is 300 g/mol. The van der Waals surface area contributed by atoms with Crippen LogP contribution >= 0.6 is 0 Å². The number of hydrogen-bond donors (Lipinski definition) is 0. The number of carbonyl (C=O) groups is 2. The van der Waals surface area contributed by atoms with Crippen molar-refractivity contribution < 1.29 is 14.3 Å². The summed E-state index contributed by atoms with van der Waals surface area (Å²) in [6.45, 7) is 6.63. The van der Waals surface area contributed by atoms with E-state index in [2.05, 4.69) is 13.8 Å². The Labute approximate surface area is 144 Å². The number of Topliss-reactive ketones (excluding diaryl/α,β-unsaturated/α-hetero) is 2. The molecular formula is C21H30O3. The second-order valence-corrected chi connectivity index (χ2v) is 9.97. The van der Waals surface area contributed by atoms with E-state index in [-0.39, 0.29) is 28.5 Å². The molecule has 132 valence electrons. The molecule has 4 aliphatic carbocycles. The van der Waals surface area contributed by atoms with Crippen LogP contribution in [-0.4, -0.2) is 23.3 Å². The monoisotopic (exact) mass is 330 g/mol. The standard InChI is InChI=1S/C21H30O3/c1-12(22)14-4-5-15-13-6-11-21-18(24-21)17(23)8-10-20(21,3)16(13)7-9-19(14,15)2/h13-16,18H,4-11H2,1-3H3/t13-,14+,15-,16-,18-,19+,20+,21+/m0/s1. The minimum atomic E-state index is -0.115. The first kappa shape index (κ1) is 15.5. The molecule has 0 radical (unpaired) electrons. The van der Waals surface area contributed by atoms with Crippen LogP contribution in [0.5, 0.6) is 0 Å². The number of hydrogen-bond acceptors (Lipinski definition) is 3. The lowest BCUT2D eigenvalue weighted by Crippen LogP contribution is -2.58. The minimum absolute atomic E-state index is 0.0842. The lowest BCUT2D eigenvalue weighted by molar-refractivity contribution is -0.137. The van der Waals surface area contributed by atoms with E-state index in [9.17, 15) is 9.59 Å². The van der Waals surface area contributed by atoms with Gasteiger partial charge in [-0.3, -0.25) is 9.59 Å². The van der Waals surface area contributed by atoms with Crippen LogP contribution in [0.2, 0.25) is 0 Å². The quantitative estimate of drug-likeness (QED) is 0.684. The van der Waals surface area contributed by atoms with E-state index in [1.54, 1.807) is 6.92 Å². The number of rotatable bonds is 1. The number of fused-ring (bicyclic) bond motifs is 4. The predicted molar refractivity (Wildman–Crippen MR) is 90.4 cm³/mol. The number of carbonyl (C=O) groups excluding carboxylic acids is 2. The zero-order valence-electron chi connectivity index (χ0n) is 15.3. The van der Waals surface area contributed by atoms with Gasteiger partial charge in [-0.25, -0.2) is 0 Å². The Hall–Kier alpha value is -0.700. The molecule has 0 amide bonds. The van der Waals surface area contributed by atoms with Crippen molar-refractivity contribution in [2.75, 3.05) is 0 Å². The smallest absolute Gasteiger partial charge is 0.164 e. The molecule has 0 aromatic rings. The fraction of sp³-hybridized carbons (Fsp3) is 0.905. The lowest BCUT2D eigenvalue weighted by atomic mass is 9.44. The van der Waals surface area contributed by atoms with Gasteiger partial charge in [-0.2, -0.15) is 0 Å². The summed E-state index contributed by atoms with van der Waals surface area (Å²) >= 11 is 0. The first-order valence-electron chi connectivity index (χ1n) is 10.0. The van der Waals surface area contributed by atoms with Crippen molar-refractivity contribution in [3.05, 3.63) is 0 Å². The summed E-state index contributed by atoms with van der Waals surface area (Å²) < 4.78 is 6.13. The second kappa shape index (κ2) is 4.52. The van der Waals surface area contributed by atoms with Crippen LogP contribution in [0.25, 0.3) is 0 Å². The van der Waals surface area contributed by atoms with Gasteiger partial charge in [0.15, 0.2) is 5.78 Å². The molecule has 1 spiro atoms. The first-order valence-corrected chi connectivity index (χ1v) is 10.0. The van der Waals surface area contributed by atoms with Gasteiger partial charge >= 0.3 is 0 Å². The molecule has 0 N–H and O–H groups in total. The molecule has 3 nitrogen and oxygen atoms in total. The van der Waals surface area contributed by atoms with Gasteiger partial charge in [0.25, 0.3) is 0 Å². The topological polar surface area (TPSA) is 46.7 Å². The summed E-state index contributed by atoms with van der Waals surface area (Å²) in [4.78, 5) is 24.4. The summed E-state index contributed by atoms with van der Waals surface area (Å²) in [5, 5.41) is 0.